The predicted molar refractivity (Wildman–Crippen MR) is 96.3 cm³/mol. The molecule has 0 spiro atoms. The van der Waals surface area contributed by atoms with E-state index in [4.69, 9.17) is 4.74 Å². The van der Waals surface area contributed by atoms with E-state index in [0.29, 0.717) is 18.8 Å². The minimum absolute atomic E-state index is 0.0169. The molecule has 2 aromatic rings. The summed E-state index contributed by atoms with van der Waals surface area (Å²) in [5, 5.41) is 9.28. The van der Waals surface area contributed by atoms with Crippen molar-refractivity contribution in [3.63, 3.8) is 0 Å². The highest BCUT2D eigenvalue weighted by Gasteiger charge is 2.44. The first-order chi connectivity index (χ1) is 12.3. The van der Waals surface area contributed by atoms with Gasteiger partial charge in [-0.3, -0.25) is 4.79 Å². The zero-order valence-corrected chi connectivity index (χ0v) is 15.3. The van der Waals surface area contributed by atoms with Gasteiger partial charge in [0.25, 0.3) is 0 Å². The van der Waals surface area contributed by atoms with Gasteiger partial charge in [-0.15, -0.1) is 0 Å². The third-order valence-corrected chi connectivity index (χ3v) is 6.52. The van der Waals surface area contributed by atoms with E-state index in [9.17, 15) is 18.3 Å². The molecule has 1 aliphatic heterocycles. The van der Waals surface area contributed by atoms with Crippen LogP contribution >= 0.6 is 0 Å². The molecule has 1 aliphatic rings. The highest BCUT2D eigenvalue weighted by Crippen LogP contribution is 2.34. The van der Waals surface area contributed by atoms with Crippen molar-refractivity contribution in [2.24, 2.45) is 5.41 Å². The van der Waals surface area contributed by atoms with Crippen LogP contribution in [-0.2, 0) is 21.4 Å². The summed E-state index contributed by atoms with van der Waals surface area (Å²) in [4.78, 5) is 11.5. The Morgan fingerprint density at radius 3 is 2.38 bits per heavy atom. The monoisotopic (exact) mass is 375 g/mol. The minimum Gasteiger partial charge on any atom is -0.489 e. The fraction of sp³-hybridized carbons (Fsp3) is 0.316. The molecule has 138 valence electrons. The number of sulfonamides is 1. The Labute approximate surface area is 153 Å². The number of carboxylic acids is 1. The molecular formula is C19H21NO5S. The Morgan fingerprint density at radius 1 is 1.15 bits per heavy atom. The van der Waals surface area contributed by atoms with Crippen LogP contribution in [0.4, 0.5) is 0 Å². The average Bonchev–Trinajstić information content (AvgIpc) is 3.06. The topological polar surface area (TPSA) is 83.9 Å². The lowest BCUT2D eigenvalue weighted by Gasteiger charge is -2.20. The summed E-state index contributed by atoms with van der Waals surface area (Å²) in [7, 11) is -3.71. The molecule has 0 bridgehead atoms. The SMILES string of the molecule is CC1(C(=O)O)CCN(S(=O)(=O)c2ccc(OCc3ccccc3)cc2)C1. The lowest BCUT2D eigenvalue weighted by Crippen LogP contribution is -2.34. The molecule has 7 heteroatoms. The van der Waals surface area contributed by atoms with Gasteiger partial charge < -0.3 is 9.84 Å². The largest absolute Gasteiger partial charge is 0.489 e. The number of hydrogen-bond acceptors (Lipinski definition) is 4. The maximum absolute atomic E-state index is 12.7. The molecule has 2 aromatic carbocycles. The van der Waals surface area contributed by atoms with Gasteiger partial charge in [0.05, 0.1) is 10.3 Å². The average molecular weight is 375 g/mol. The molecule has 0 radical (unpaired) electrons. The van der Waals surface area contributed by atoms with E-state index in [-0.39, 0.29) is 18.0 Å². The molecular weight excluding hydrogens is 354 g/mol. The van der Waals surface area contributed by atoms with Gasteiger partial charge in [0, 0.05) is 13.1 Å². The Morgan fingerprint density at radius 2 is 1.81 bits per heavy atom. The molecule has 1 atom stereocenters. The van der Waals surface area contributed by atoms with Crippen molar-refractivity contribution in [2.45, 2.75) is 24.8 Å². The first-order valence-electron chi connectivity index (χ1n) is 8.32. The fourth-order valence-corrected chi connectivity index (χ4v) is 4.46. The van der Waals surface area contributed by atoms with Crippen molar-refractivity contribution in [2.75, 3.05) is 13.1 Å². The van der Waals surface area contributed by atoms with Crippen LogP contribution in [0.15, 0.2) is 59.5 Å². The van der Waals surface area contributed by atoms with Crippen molar-refractivity contribution in [1.29, 1.82) is 0 Å². The number of hydrogen-bond donors (Lipinski definition) is 1. The van der Waals surface area contributed by atoms with Gasteiger partial charge in [0.15, 0.2) is 0 Å². The van der Waals surface area contributed by atoms with Gasteiger partial charge in [-0.2, -0.15) is 4.31 Å². The smallest absolute Gasteiger partial charge is 0.310 e. The predicted octanol–water partition coefficient (Wildman–Crippen LogP) is 2.75. The van der Waals surface area contributed by atoms with Gasteiger partial charge in [-0.1, -0.05) is 30.3 Å². The minimum atomic E-state index is -3.71. The molecule has 0 aliphatic carbocycles. The Balaban J connectivity index is 1.69. The quantitative estimate of drug-likeness (QED) is 0.839. The van der Waals surface area contributed by atoms with Crippen LogP contribution in [0.5, 0.6) is 5.75 Å². The van der Waals surface area contributed by atoms with E-state index in [1.807, 2.05) is 30.3 Å². The van der Waals surface area contributed by atoms with Crippen LogP contribution in [0.3, 0.4) is 0 Å². The zero-order chi connectivity index (χ0) is 18.8. The van der Waals surface area contributed by atoms with E-state index in [0.717, 1.165) is 5.56 Å². The lowest BCUT2D eigenvalue weighted by molar-refractivity contribution is -0.146. The number of aliphatic carboxylic acids is 1. The molecule has 26 heavy (non-hydrogen) atoms. The molecule has 6 nitrogen and oxygen atoms in total. The Bertz CT molecular complexity index is 880. The molecule has 0 saturated carbocycles. The highest BCUT2D eigenvalue weighted by atomic mass is 32.2. The summed E-state index contributed by atoms with van der Waals surface area (Å²) in [5.41, 5.74) is -0.0135. The third-order valence-electron chi connectivity index (χ3n) is 4.66. The lowest BCUT2D eigenvalue weighted by atomic mass is 9.90. The van der Waals surface area contributed by atoms with Gasteiger partial charge in [-0.25, -0.2) is 8.42 Å². The number of rotatable bonds is 6. The summed E-state index contributed by atoms with van der Waals surface area (Å²) < 4.78 is 32.4. The molecule has 3 rings (SSSR count). The number of ether oxygens (including phenoxy) is 1. The van der Waals surface area contributed by atoms with Gasteiger partial charge in [0.1, 0.15) is 12.4 Å². The van der Waals surface area contributed by atoms with Gasteiger partial charge >= 0.3 is 5.97 Å². The Kier molecular flexibility index (Phi) is 5.02. The van der Waals surface area contributed by atoms with Crippen molar-refractivity contribution < 1.29 is 23.1 Å². The molecule has 1 unspecified atom stereocenters. The van der Waals surface area contributed by atoms with E-state index in [1.54, 1.807) is 19.1 Å². The molecule has 0 amide bonds. The van der Waals surface area contributed by atoms with Crippen LogP contribution < -0.4 is 4.74 Å². The van der Waals surface area contributed by atoms with E-state index in [1.165, 1.54) is 16.4 Å². The second-order valence-corrected chi connectivity index (χ2v) is 8.64. The summed E-state index contributed by atoms with van der Waals surface area (Å²) in [6.07, 6.45) is 0.305. The van der Waals surface area contributed by atoms with Crippen molar-refractivity contribution >= 4 is 16.0 Å². The summed E-state index contributed by atoms with van der Waals surface area (Å²) in [6.45, 7) is 2.16. The number of benzene rings is 2. The maximum Gasteiger partial charge on any atom is 0.310 e. The van der Waals surface area contributed by atoms with Crippen LogP contribution in [0, 0.1) is 5.41 Å². The Hall–Kier alpha value is -2.38. The molecule has 0 aromatic heterocycles. The first kappa shape index (κ1) is 18.4. The highest BCUT2D eigenvalue weighted by molar-refractivity contribution is 7.89. The second kappa shape index (κ2) is 7.09. The number of carbonyl (C=O) groups is 1. The standard InChI is InChI=1S/C19H21NO5S/c1-19(18(21)22)11-12-20(14-19)26(23,24)17-9-7-16(8-10-17)25-13-15-5-3-2-4-6-15/h2-10H,11-14H2,1H3,(H,21,22). The zero-order valence-electron chi connectivity index (χ0n) is 14.5. The summed E-state index contributed by atoms with van der Waals surface area (Å²) in [5.74, 6) is -0.399. The van der Waals surface area contributed by atoms with Crippen LogP contribution in [0.1, 0.15) is 18.9 Å². The second-order valence-electron chi connectivity index (χ2n) is 6.70. The van der Waals surface area contributed by atoms with Gasteiger partial charge in [-0.05, 0) is 43.2 Å². The maximum atomic E-state index is 12.7. The number of nitrogens with zero attached hydrogens (tertiary/aromatic N) is 1. The first-order valence-corrected chi connectivity index (χ1v) is 9.76. The molecule has 1 heterocycles. The van der Waals surface area contributed by atoms with E-state index >= 15 is 0 Å². The normalized spacial score (nSPS) is 20.8. The van der Waals surface area contributed by atoms with Crippen LogP contribution in [0.2, 0.25) is 0 Å². The molecule has 1 saturated heterocycles. The van der Waals surface area contributed by atoms with Crippen molar-refractivity contribution in [1.82, 2.24) is 4.31 Å². The van der Waals surface area contributed by atoms with E-state index < -0.39 is 21.4 Å². The van der Waals surface area contributed by atoms with Gasteiger partial charge in [0.2, 0.25) is 10.0 Å². The molecule has 1 N–H and O–H groups in total. The summed E-state index contributed by atoms with van der Waals surface area (Å²) in [6, 6.07) is 15.9. The third kappa shape index (κ3) is 3.73. The number of carboxylic acid groups (broad SMARTS) is 1. The molecule has 1 fully saturated rings. The van der Waals surface area contributed by atoms with E-state index in [2.05, 4.69) is 0 Å². The summed E-state index contributed by atoms with van der Waals surface area (Å²) >= 11 is 0. The fourth-order valence-electron chi connectivity index (χ4n) is 2.90. The van der Waals surface area contributed by atoms with Crippen molar-refractivity contribution in [3.05, 3.63) is 60.2 Å². The van der Waals surface area contributed by atoms with Crippen LogP contribution in [0.25, 0.3) is 0 Å². The van der Waals surface area contributed by atoms with Crippen molar-refractivity contribution in [3.8, 4) is 5.75 Å². The van der Waals surface area contributed by atoms with Crippen LogP contribution in [-0.4, -0.2) is 36.9 Å².